The largest absolute Gasteiger partial charge is 0.368 e. The fourth-order valence-corrected chi connectivity index (χ4v) is 5.37. The minimum Gasteiger partial charge on any atom is -0.368 e. The van der Waals surface area contributed by atoms with Crippen molar-refractivity contribution in [3.63, 3.8) is 0 Å². The monoisotopic (exact) mass is 236 g/mol. The van der Waals surface area contributed by atoms with E-state index in [9.17, 15) is 4.79 Å². The van der Waals surface area contributed by atoms with Gasteiger partial charge in [-0.2, -0.15) is 0 Å². The van der Waals surface area contributed by atoms with Crippen LogP contribution in [0.3, 0.4) is 0 Å². The molecule has 17 heavy (non-hydrogen) atoms. The number of carbonyl (C=O) groups excluding carboxylic acids is 1. The van der Waals surface area contributed by atoms with Crippen LogP contribution in [0.15, 0.2) is 0 Å². The number of hydrogen-bond acceptors (Lipinski definition) is 2. The summed E-state index contributed by atoms with van der Waals surface area (Å²) < 4.78 is 0. The summed E-state index contributed by atoms with van der Waals surface area (Å²) in [5.74, 6) is 2.40. The number of amides is 1. The van der Waals surface area contributed by atoms with Crippen LogP contribution in [0.2, 0.25) is 0 Å². The lowest BCUT2D eigenvalue weighted by Gasteiger charge is -2.62. The Morgan fingerprint density at radius 2 is 1.59 bits per heavy atom. The maximum Gasteiger partial charge on any atom is 0.238 e. The molecular formula is C14H24N2O. The number of primary amides is 1. The van der Waals surface area contributed by atoms with Crippen LogP contribution in [0.25, 0.3) is 0 Å². The van der Waals surface area contributed by atoms with Crippen LogP contribution in [0.1, 0.15) is 45.4 Å². The Balaban J connectivity index is 1.98. The molecule has 1 unspecified atom stereocenters. The highest BCUT2D eigenvalue weighted by Crippen LogP contribution is 2.63. The number of carbonyl (C=O) groups is 1. The van der Waals surface area contributed by atoms with Crippen LogP contribution in [0, 0.1) is 23.2 Å². The lowest BCUT2D eigenvalue weighted by molar-refractivity contribution is -0.144. The van der Waals surface area contributed by atoms with Gasteiger partial charge in [0.25, 0.3) is 0 Å². The number of nitrogens with two attached hydrogens (primary N) is 1. The van der Waals surface area contributed by atoms with E-state index in [2.05, 4.69) is 5.32 Å². The highest BCUT2D eigenvalue weighted by Gasteiger charge is 2.60. The molecule has 4 aliphatic carbocycles. The first kappa shape index (κ1) is 11.5. The Hall–Kier alpha value is -0.570. The molecule has 0 aromatic heterocycles. The molecule has 4 fully saturated rings. The Morgan fingerprint density at radius 3 is 1.88 bits per heavy atom. The van der Waals surface area contributed by atoms with E-state index in [4.69, 9.17) is 5.73 Å². The van der Waals surface area contributed by atoms with Gasteiger partial charge in [0.05, 0.1) is 0 Å². The molecule has 1 atom stereocenters. The van der Waals surface area contributed by atoms with Gasteiger partial charge in [0, 0.05) is 0 Å². The van der Waals surface area contributed by atoms with Crippen LogP contribution >= 0.6 is 0 Å². The van der Waals surface area contributed by atoms with Crippen molar-refractivity contribution < 1.29 is 4.79 Å². The molecule has 96 valence electrons. The van der Waals surface area contributed by atoms with Crippen molar-refractivity contribution in [2.75, 3.05) is 7.05 Å². The lowest BCUT2D eigenvalue weighted by atomic mass is 9.44. The molecule has 4 rings (SSSR count). The van der Waals surface area contributed by atoms with Gasteiger partial charge >= 0.3 is 0 Å². The smallest absolute Gasteiger partial charge is 0.238 e. The fourth-order valence-electron chi connectivity index (χ4n) is 5.37. The quantitative estimate of drug-likeness (QED) is 0.783. The third kappa shape index (κ3) is 1.41. The van der Waals surface area contributed by atoms with Crippen molar-refractivity contribution in [2.24, 2.45) is 28.9 Å². The molecule has 4 bridgehead atoms. The predicted octanol–water partition coefficient (Wildman–Crippen LogP) is 1.67. The van der Waals surface area contributed by atoms with E-state index in [0.29, 0.717) is 0 Å². The fraction of sp³-hybridized carbons (Fsp3) is 0.929. The summed E-state index contributed by atoms with van der Waals surface area (Å²) in [4.78, 5) is 11.9. The van der Waals surface area contributed by atoms with Gasteiger partial charge in [-0.3, -0.25) is 4.79 Å². The summed E-state index contributed by atoms with van der Waals surface area (Å²) in [6.07, 6.45) is 7.82. The van der Waals surface area contributed by atoms with E-state index in [1.54, 1.807) is 0 Å². The average Bonchev–Trinajstić information content (AvgIpc) is 2.25. The molecule has 0 aromatic carbocycles. The second-order valence-corrected chi connectivity index (χ2v) is 6.94. The van der Waals surface area contributed by atoms with E-state index in [-0.39, 0.29) is 11.3 Å². The van der Waals surface area contributed by atoms with E-state index in [1.807, 2.05) is 14.0 Å². The van der Waals surface area contributed by atoms with Gasteiger partial charge in [-0.05, 0) is 75.7 Å². The third-order valence-electron chi connectivity index (χ3n) is 6.09. The highest BCUT2D eigenvalue weighted by atomic mass is 16.1. The Kier molecular flexibility index (Phi) is 2.35. The average molecular weight is 236 g/mol. The van der Waals surface area contributed by atoms with Crippen LogP contribution in [0.5, 0.6) is 0 Å². The number of hydrogen-bond donors (Lipinski definition) is 2. The third-order valence-corrected chi connectivity index (χ3v) is 6.09. The van der Waals surface area contributed by atoms with Crippen LogP contribution in [-0.2, 0) is 4.79 Å². The molecule has 4 aliphatic rings. The van der Waals surface area contributed by atoms with E-state index < -0.39 is 5.54 Å². The maximum absolute atomic E-state index is 11.9. The Bertz CT molecular complexity index is 317. The maximum atomic E-state index is 11.9. The molecule has 0 heterocycles. The molecule has 0 saturated heterocycles. The van der Waals surface area contributed by atoms with Crippen LogP contribution < -0.4 is 11.1 Å². The van der Waals surface area contributed by atoms with Gasteiger partial charge in [-0.15, -0.1) is 0 Å². The predicted molar refractivity (Wildman–Crippen MR) is 67.3 cm³/mol. The molecule has 0 aromatic rings. The number of likely N-dealkylation sites (N-methyl/N-ethyl adjacent to an activating group) is 1. The zero-order valence-electron chi connectivity index (χ0n) is 11.0. The topological polar surface area (TPSA) is 55.1 Å². The molecule has 3 N–H and O–H groups in total. The zero-order chi connectivity index (χ0) is 12.3. The molecule has 3 nitrogen and oxygen atoms in total. The van der Waals surface area contributed by atoms with Crippen molar-refractivity contribution >= 4 is 5.91 Å². The molecule has 0 aliphatic heterocycles. The first-order valence-corrected chi connectivity index (χ1v) is 6.98. The van der Waals surface area contributed by atoms with Gasteiger partial charge < -0.3 is 11.1 Å². The minimum absolute atomic E-state index is 0.141. The van der Waals surface area contributed by atoms with E-state index in [1.165, 1.54) is 38.5 Å². The van der Waals surface area contributed by atoms with Crippen molar-refractivity contribution in [3.05, 3.63) is 0 Å². The summed E-state index contributed by atoms with van der Waals surface area (Å²) in [5.41, 5.74) is 5.33. The molecule has 0 spiro atoms. The summed E-state index contributed by atoms with van der Waals surface area (Å²) in [6.45, 7) is 2.03. The molecule has 3 heteroatoms. The highest BCUT2D eigenvalue weighted by molar-refractivity contribution is 5.85. The molecule has 4 saturated carbocycles. The van der Waals surface area contributed by atoms with Crippen molar-refractivity contribution in [3.8, 4) is 0 Å². The van der Waals surface area contributed by atoms with Gasteiger partial charge in [-0.1, -0.05) is 0 Å². The van der Waals surface area contributed by atoms with Gasteiger partial charge in [-0.25, -0.2) is 0 Å². The number of nitrogens with one attached hydrogen (secondary N) is 1. The van der Waals surface area contributed by atoms with Gasteiger partial charge in [0.1, 0.15) is 5.54 Å². The zero-order valence-corrected chi connectivity index (χ0v) is 11.0. The SMILES string of the molecule is CNC(C)(C(N)=O)C12CC3CC(CC(C3)C1)C2. The second-order valence-electron chi connectivity index (χ2n) is 6.94. The van der Waals surface area contributed by atoms with Gasteiger partial charge in [0.15, 0.2) is 0 Å². The number of rotatable bonds is 3. The first-order valence-electron chi connectivity index (χ1n) is 6.98. The summed E-state index contributed by atoms with van der Waals surface area (Å²) in [5, 5.41) is 3.26. The van der Waals surface area contributed by atoms with Crippen molar-refractivity contribution in [1.29, 1.82) is 0 Å². The molecule has 1 amide bonds. The van der Waals surface area contributed by atoms with E-state index in [0.717, 1.165) is 17.8 Å². The normalized spacial score (nSPS) is 46.8. The van der Waals surface area contributed by atoms with Crippen LogP contribution in [0.4, 0.5) is 0 Å². The van der Waals surface area contributed by atoms with Crippen LogP contribution in [-0.4, -0.2) is 18.5 Å². The van der Waals surface area contributed by atoms with Crippen molar-refractivity contribution in [1.82, 2.24) is 5.32 Å². The summed E-state index contributed by atoms with van der Waals surface area (Å²) in [6, 6.07) is 0. The molecule has 0 radical (unpaired) electrons. The minimum atomic E-state index is -0.511. The van der Waals surface area contributed by atoms with Crippen molar-refractivity contribution in [2.45, 2.75) is 51.0 Å². The van der Waals surface area contributed by atoms with E-state index >= 15 is 0 Å². The Morgan fingerprint density at radius 1 is 1.18 bits per heavy atom. The first-order chi connectivity index (χ1) is 7.99. The second kappa shape index (κ2) is 3.47. The lowest BCUT2D eigenvalue weighted by Crippen LogP contribution is -2.67. The molecular weight excluding hydrogens is 212 g/mol. The summed E-state index contributed by atoms with van der Waals surface area (Å²) >= 11 is 0. The standard InChI is InChI=1S/C14H24N2O/c1-13(16-2,12(15)17)14-6-9-3-10(7-14)5-11(4-9)8-14/h9-11,16H,3-8H2,1-2H3,(H2,15,17). The van der Waals surface area contributed by atoms with Gasteiger partial charge in [0.2, 0.25) is 5.91 Å². The summed E-state index contributed by atoms with van der Waals surface area (Å²) in [7, 11) is 1.89. The Labute approximate surface area is 104 Å².